The van der Waals surface area contributed by atoms with Gasteiger partial charge in [-0.3, -0.25) is 0 Å². The maximum Gasteiger partial charge on any atom is 0.171 e. The molecule has 0 aliphatic rings. The third-order valence-electron chi connectivity index (χ3n) is 2.71. The largest absolute Gasteiger partial charge is 0.486 e. The fourth-order valence-electron chi connectivity index (χ4n) is 1.76. The third-order valence-corrected chi connectivity index (χ3v) is 2.71. The number of nitrogen functional groups attached to an aromatic ring is 1. The highest BCUT2D eigenvalue weighted by Crippen LogP contribution is 2.15. The third kappa shape index (κ3) is 2.80. The zero-order valence-electron chi connectivity index (χ0n) is 10.8. The monoisotopic (exact) mass is 246 g/mol. The van der Waals surface area contributed by atoms with Crippen LogP contribution in [0.1, 0.15) is 25.0 Å². The topological polar surface area (TPSA) is 66.0 Å². The molecule has 0 fully saturated rings. The maximum absolute atomic E-state index is 5.67. The van der Waals surface area contributed by atoms with E-state index >= 15 is 0 Å². The van der Waals surface area contributed by atoms with Crippen molar-refractivity contribution in [2.45, 2.75) is 33.4 Å². The van der Waals surface area contributed by atoms with E-state index in [1.54, 1.807) is 0 Å². The van der Waals surface area contributed by atoms with Gasteiger partial charge in [-0.25, -0.2) is 0 Å². The molecule has 18 heavy (non-hydrogen) atoms. The Kier molecular flexibility index (Phi) is 3.82. The van der Waals surface area contributed by atoms with Crippen LogP contribution in [0.4, 0.5) is 5.69 Å². The van der Waals surface area contributed by atoms with Gasteiger partial charge in [-0.15, -0.1) is 10.2 Å². The van der Waals surface area contributed by atoms with Crippen molar-refractivity contribution in [3.63, 3.8) is 0 Å². The highest BCUT2D eigenvalue weighted by molar-refractivity contribution is 5.41. The summed E-state index contributed by atoms with van der Waals surface area (Å²) in [5.41, 5.74) is 6.35. The molecular weight excluding hydrogens is 228 g/mol. The highest BCUT2D eigenvalue weighted by atomic mass is 16.5. The lowest BCUT2D eigenvalue weighted by molar-refractivity contribution is 0.288. The molecule has 1 heterocycles. The normalized spacial score (nSPS) is 10.6. The van der Waals surface area contributed by atoms with Crippen LogP contribution < -0.4 is 10.5 Å². The van der Waals surface area contributed by atoms with Crippen molar-refractivity contribution in [1.29, 1.82) is 0 Å². The van der Waals surface area contributed by atoms with E-state index < -0.39 is 0 Å². The minimum Gasteiger partial charge on any atom is -0.486 e. The minimum absolute atomic E-state index is 0.421. The van der Waals surface area contributed by atoms with E-state index in [0.717, 1.165) is 36.1 Å². The number of ether oxygens (including phenoxy) is 1. The van der Waals surface area contributed by atoms with Gasteiger partial charge in [0.15, 0.2) is 5.82 Å². The van der Waals surface area contributed by atoms with E-state index in [-0.39, 0.29) is 0 Å². The van der Waals surface area contributed by atoms with E-state index in [4.69, 9.17) is 10.5 Å². The molecule has 0 saturated heterocycles. The molecule has 0 radical (unpaired) electrons. The fraction of sp³-hybridized carbons (Fsp3) is 0.385. The average Bonchev–Trinajstić information content (AvgIpc) is 2.71. The standard InChI is InChI=1S/C13H18N4O/c1-3-8-17-10(2)15-16-13(17)9-18-12-6-4-11(14)5-7-12/h4-7H,3,8-9,14H2,1-2H3. The fourth-order valence-corrected chi connectivity index (χ4v) is 1.76. The molecule has 0 saturated carbocycles. The molecular formula is C13H18N4O. The van der Waals surface area contributed by atoms with Crippen LogP contribution in [0.3, 0.4) is 0 Å². The van der Waals surface area contributed by atoms with E-state index in [9.17, 15) is 0 Å². The van der Waals surface area contributed by atoms with E-state index in [0.29, 0.717) is 6.61 Å². The Bertz CT molecular complexity index is 504. The van der Waals surface area contributed by atoms with Crippen LogP contribution >= 0.6 is 0 Å². The smallest absolute Gasteiger partial charge is 0.171 e. The number of hydrogen-bond acceptors (Lipinski definition) is 4. The van der Waals surface area contributed by atoms with Crippen LogP contribution in [0.25, 0.3) is 0 Å². The molecule has 0 aliphatic carbocycles. The second kappa shape index (κ2) is 5.53. The summed E-state index contributed by atoms with van der Waals surface area (Å²) in [4.78, 5) is 0. The molecule has 0 bridgehead atoms. The van der Waals surface area contributed by atoms with Gasteiger partial charge >= 0.3 is 0 Å². The second-order valence-corrected chi connectivity index (χ2v) is 4.17. The van der Waals surface area contributed by atoms with Gasteiger partial charge in [0.05, 0.1) is 0 Å². The van der Waals surface area contributed by atoms with Crippen molar-refractivity contribution in [3.05, 3.63) is 35.9 Å². The van der Waals surface area contributed by atoms with Gasteiger partial charge < -0.3 is 15.0 Å². The summed E-state index contributed by atoms with van der Waals surface area (Å²) < 4.78 is 7.75. The lowest BCUT2D eigenvalue weighted by Gasteiger charge is -2.08. The first-order valence-electron chi connectivity index (χ1n) is 6.07. The molecule has 5 heteroatoms. The Hall–Kier alpha value is -2.04. The summed E-state index contributed by atoms with van der Waals surface area (Å²) in [6.45, 7) is 5.42. The number of hydrogen-bond donors (Lipinski definition) is 1. The van der Waals surface area contributed by atoms with Crippen molar-refractivity contribution in [3.8, 4) is 5.75 Å². The van der Waals surface area contributed by atoms with Crippen LogP contribution in [0.2, 0.25) is 0 Å². The molecule has 2 rings (SSSR count). The molecule has 0 atom stereocenters. The first-order chi connectivity index (χ1) is 8.70. The van der Waals surface area contributed by atoms with Gasteiger partial charge in [-0.1, -0.05) is 6.92 Å². The first kappa shape index (κ1) is 12.4. The number of benzene rings is 1. The number of nitrogens with two attached hydrogens (primary N) is 1. The summed E-state index contributed by atoms with van der Waals surface area (Å²) in [5.74, 6) is 2.56. The van der Waals surface area contributed by atoms with Crippen molar-refractivity contribution in [2.75, 3.05) is 5.73 Å². The highest BCUT2D eigenvalue weighted by Gasteiger charge is 2.08. The quantitative estimate of drug-likeness (QED) is 0.821. The molecule has 5 nitrogen and oxygen atoms in total. The van der Waals surface area contributed by atoms with Crippen LogP contribution in [0.5, 0.6) is 5.75 Å². The predicted molar refractivity (Wildman–Crippen MR) is 70.2 cm³/mol. The van der Waals surface area contributed by atoms with Crippen molar-refractivity contribution >= 4 is 5.69 Å². The van der Waals surface area contributed by atoms with Crippen LogP contribution in [0.15, 0.2) is 24.3 Å². The molecule has 96 valence electrons. The van der Waals surface area contributed by atoms with Gasteiger partial charge in [0.2, 0.25) is 0 Å². The van der Waals surface area contributed by atoms with Crippen molar-refractivity contribution in [2.24, 2.45) is 0 Å². The molecule has 1 aromatic carbocycles. The summed E-state index contributed by atoms with van der Waals surface area (Å²) in [7, 11) is 0. The Morgan fingerprint density at radius 3 is 2.61 bits per heavy atom. The summed E-state index contributed by atoms with van der Waals surface area (Å²) >= 11 is 0. The Balaban J connectivity index is 2.03. The lowest BCUT2D eigenvalue weighted by Crippen LogP contribution is -2.08. The maximum atomic E-state index is 5.67. The van der Waals surface area contributed by atoms with Gasteiger partial charge in [-0.2, -0.15) is 0 Å². The summed E-state index contributed by atoms with van der Waals surface area (Å²) in [5, 5.41) is 8.20. The Morgan fingerprint density at radius 2 is 1.94 bits per heavy atom. The molecule has 1 aromatic heterocycles. The molecule has 2 N–H and O–H groups in total. The molecule has 2 aromatic rings. The van der Waals surface area contributed by atoms with Crippen LogP contribution in [-0.2, 0) is 13.2 Å². The zero-order chi connectivity index (χ0) is 13.0. The van der Waals surface area contributed by atoms with E-state index in [1.807, 2.05) is 31.2 Å². The van der Waals surface area contributed by atoms with Crippen molar-refractivity contribution in [1.82, 2.24) is 14.8 Å². The predicted octanol–water partition coefficient (Wildman–Crippen LogP) is 2.16. The molecule has 0 aliphatic heterocycles. The van der Waals surface area contributed by atoms with Crippen LogP contribution in [-0.4, -0.2) is 14.8 Å². The molecule has 0 spiro atoms. The van der Waals surface area contributed by atoms with E-state index in [1.165, 1.54) is 0 Å². The Morgan fingerprint density at radius 1 is 1.22 bits per heavy atom. The first-order valence-corrected chi connectivity index (χ1v) is 6.07. The van der Waals surface area contributed by atoms with Gasteiger partial charge in [0.1, 0.15) is 18.2 Å². The van der Waals surface area contributed by atoms with Gasteiger partial charge in [0.25, 0.3) is 0 Å². The Labute approximate surface area is 107 Å². The number of anilines is 1. The number of nitrogens with zero attached hydrogens (tertiary/aromatic N) is 3. The zero-order valence-corrected chi connectivity index (χ0v) is 10.8. The number of rotatable bonds is 5. The summed E-state index contributed by atoms with van der Waals surface area (Å²) in [6, 6.07) is 7.33. The van der Waals surface area contributed by atoms with Gasteiger partial charge in [-0.05, 0) is 37.6 Å². The SMILES string of the molecule is CCCn1c(C)nnc1COc1ccc(N)cc1. The molecule has 0 unspecified atom stereocenters. The minimum atomic E-state index is 0.421. The number of aromatic nitrogens is 3. The number of aryl methyl sites for hydroxylation is 1. The van der Waals surface area contributed by atoms with Gasteiger partial charge in [0, 0.05) is 12.2 Å². The van der Waals surface area contributed by atoms with Crippen molar-refractivity contribution < 1.29 is 4.74 Å². The van der Waals surface area contributed by atoms with Crippen LogP contribution in [0, 0.1) is 6.92 Å². The average molecular weight is 246 g/mol. The lowest BCUT2D eigenvalue weighted by atomic mass is 10.3. The van der Waals surface area contributed by atoms with E-state index in [2.05, 4.69) is 21.7 Å². The second-order valence-electron chi connectivity index (χ2n) is 4.17. The summed E-state index contributed by atoms with van der Waals surface area (Å²) in [6.07, 6.45) is 1.05. The molecule has 0 amide bonds.